The smallest absolute Gasteiger partial charge is 0.247 e. The fourth-order valence-electron chi connectivity index (χ4n) is 1.97. The highest BCUT2D eigenvalue weighted by atomic mass is 16.5. The molecule has 0 aromatic rings. The molecule has 0 aromatic carbocycles. The van der Waals surface area contributed by atoms with Gasteiger partial charge in [-0.3, -0.25) is 4.79 Å². The molecule has 1 amide bonds. The van der Waals surface area contributed by atoms with E-state index >= 15 is 0 Å². The third-order valence-corrected chi connectivity index (χ3v) is 2.91. The van der Waals surface area contributed by atoms with Gasteiger partial charge >= 0.3 is 0 Å². The van der Waals surface area contributed by atoms with Crippen LogP contribution in [0.3, 0.4) is 0 Å². The number of amides is 1. The molecule has 0 bridgehead atoms. The Kier molecular flexibility index (Phi) is 5.73. The van der Waals surface area contributed by atoms with Crippen LogP contribution in [0.2, 0.25) is 0 Å². The zero-order valence-electron chi connectivity index (χ0n) is 9.82. The first kappa shape index (κ1) is 13.4. The van der Waals surface area contributed by atoms with Gasteiger partial charge < -0.3 is 20.9 Å². The number of rotatable bonds is 6. The van der Waals surface area contributed by atoms with Crippen LogP contribution in [0.15, 0.2) is 0 Å². The molecule has 0 saturated carbocycles. The Labute approximate surface area is 96.3 Å². The molecule has 0 aliphatic carbocycles. The number of primary amides is 1. The van der Waals surface area contributed by atoms with Crippen molar-refractivity contribution >= 4 is 5.91 Å². The number of carbonyl (C=O) groups excluding carboxylic acids is 1. The van der Waals surface area contributed by atoms with Crippen molar-refractivity contribution in [3.63, 3.8) is 0 Å². The lowest BCUT2D eigenvalue weighted by molar-refractivity contribution is -0.125. The van der Waals surface area contributed by atoms with E-state index in [0.29, 0.717) is 12.1 Å². The van der Waals surface area contributed by atoms with E-state index in [0.717, 1.165) is 32.3 Å². The van der Waals surface area contributed by atoms with Crippen molar-refractivity contribution in [1.29, 1.82) is 0 Å². The molecule has 0 aromatic heterocycles. The number of nitrogens with one attached hydrogen (secondary N) is 1. The maximum absolute atomic E-state index is 10.6. The summed E-state index contributed by atoms with van der Waals surface area (Å²) in [6, 6.07) is 0.319. The maximum Gasteiger partial charge on any atom is 0.247 e. The first-order valence-corrected chi connectivity index (χ1v) is 5.95. The molecule has 1 aliphatic rings. The topological polar surface area (TPSA) is 84.6 Å². The predicted octanol–water partition coefficient (Wildman–Crippen LogP) is -0.230. The van der Waals surface area contributed by atoms with Crippen molar-refractivity contribution in [3.05, 3.63) is 0 Å². The van der Waals surface area contributed by atoms with E-state index in [4.69, 9.17) is 10.5 Å². The predicted molar refractivity (Wildman–Crippen MR) is 60.9 cm³/mol. The van der Waals surface area contributed by atoms with Crippen LogP contribution >= 0.6 is 0 Å². The van der Waals surface area contributed by atoms with E-state index in [9.17, 15) is 9.90 Å². The second-order valence-electron chi connectivity index (χ2n) is 4.33. The second-order valence-corrected chi connectivity index (χ2v) is 4.33. The first-order valence-electron chi connectivity index (χ1n) is 5.95. The quantitative estimate of drug-likeness (QED) is 0.588. The minimum absolute atomic E-state index is 0.235. The van der Waals surface area contributed by atoms with Gasteiger partial charge in [0.1, 0.15) is 6.10 Å². The van der Waals surface area contributed by atoms with Crippen LogP contribution in [0.1, 0.15) is 32.6 Å². The van der Waals surface area contributed by atoms with E-state index in [1.54, 1.807) is 0 Å². The molecule has 1 fully saturated rings. The van der Waals surface area contributed by atoms with Crippen molar-refractivity contribution in [2.45, 2.75) is 50.9 Å². The van der Waals surface area contributed by atoms with Crippen molar-refractivity contribution < 1.29 is 14.6 Å². The minimum Gasteiger partial charge on any atom is -0.382 e. The summed E-state index contributed by atoms with van der Waals surface area (Å²) in [5.74, 6) is -0.676. The van der Waals surface area contributed by atoms with E-state index in [1.165, 1.54) is 0 Å². The van der Waals surface area contributed by atoms with Gasteiger partial charge in [0.2, 0.25) is 5.91 Å². The monoisotopic (exact) mass is 230 g/mol. The highest BCUT2D eigenvalue weighted by Crippen LogP contribution is 2.17. The first-order chi connectivity index (χ1) is 7.63. The van der Waals surface area contributed by atoms with Gasteiger partial charge in [-0.2, -0.15) is 0 Å². The minimum atomic E-state index is -1.09. The Balaban J connectivity index is 2.23. The number of aliphatic hydroxyl groups is 1. The van der Waals surface area contributed by atoms with Crippen LogP contribution in [0.5, 0.6) is 0 Å². The summed E-state index contributed by atoms with van der Waals surface area (Å²) in [5.41, 5.74) is 4.97. The molecule has 5 nitrogen and oxygen atoms in total. The molecule has 1 rings (SSSR count). The van der Waals surface area contributed by atoms with Crippen LogP contribution < -0.4 is 11.1 Å². The van der Waals surface area contributed by atoms with Gasteiger partial charge in [0, 0.05) is 19.2 Å². The average molecular weight is 230 g/mol. The van der Waals surface area contributed by atoms with Crippen molar-refractivity contribution in [2.24, 2.45) is 5.73 Å². The zero-order chi connectivity index (χ0) is 12.0. The number of ether oxygens (including phenoxy) is 1. The average Bonchev–Trinajstić information content (AvgIpc) is 2.26. The molecule has 5 heteroatoms. The fourth-order valence-corrected chi connectivity index (χ4v) is 1.97. The third kappa shape index (κ3) is 4.47. The van der Waals surface area contributed by atoms with Crippen molar-refractivity contribution in [3.8, 4) is 0 Å². The molecule has 1 heterocycles. The summed E-state index contributed by atoms with van der Waals surface area (Å²) in [4.78, 5) is 10.6. The number of hydrogen-bond acceptors (Lipinski definition) is 4. The molecule has 3 atom stereocenters. The summed E-state index contributed by atoms with van der Waals surface area (Å²) < 4.78 is 5.61. The molecule has 94 valence electrons. The molecular formula is C11H22N2O3. The summed E-state index contributed by atoms with van der Waals surface area (Å²) in [5, 5.41) is 12.4. The van der Waals surface area contributed by atoms with Gasteiger partial charge in [-0.25, -0.2) is 0 Å². The van der Waals surface area contributed by atoms with Gasteiger partial charge in [0.15, 0.2) is 0 Å². The summed E-state index contributed by atoms with van der Waals surface area (Å²) >= 11 is 0. The largest absolute Gasteiger partial charge is 0.382 e. The Morgan fingerprint density at radius 1 is 1.69 bits per heavy atom. The Morgan fingerprint density at radius 3 is 3.06 bits per heavy atom. The highest BCUT2D eigenvalue weighted by molar-refractivity contribution is 5.78. The molecule has 4 N–H and O–H groups in total. The molecule has 3 unspecified atom stereocenters. The molecule has 1 aliphatic heterocycles. The number of hydrogen-bond donors (Lipinski definition) is 3. The normalized spacial score (nSPS) is 27.6. The molecular weight excluding hydrogens is 208 g/mol. The van der Waals surface area contributed by atoms with Crippen LogP contribution in [0, 0.1) is 0 Å². The Hall–Kier alpha value is -0.650. The highest BCUT2D eigenvalue weighted by Gasteiger charge is 2.22. The zero-order valence-corrected chi connectivity index (χ0v) is 9.82. The second kappa shape index (κ2) is 6.83. The SMILES string of the molecule is CCCC1CC(NCC(O)C(N)=O)CCO1. The fraction of sp³-hybridized carbons (Fsp3) is 0.909. The van der Waals surface area contributed by atoms with E-state index in [1.807, 2.05) is 0 Å². The van der Waals surface area contributed by atoms with Gasteiger partial charge in [-0.1, -0.05) is 13.3 Å². The van der Waals surface area contributed by atoms with Crippen LogP contribution in [0.4, 0.5) is 0 Å². The summed E-state index contributed by atoms with van der Waals surface area (Å²) in [6.45, 7) is 3.12. The Morgan fingerprint density at radius 2 is 2.44 bits per heavy atom. The van der Waals surface area contributed by atoms with E-state index < -0.39 is 12.0 Å². The van der Waals surface area contributed by atoms with Gasteiger partial charge in [-0.05, 0) is 19.3 Å². The summed E-state index contributed by atoms with van der Waals surface area (Å²) in [6.07, 6.45) is 3.26. The van der Waals surface area contributed by atoms with E-state index in [2.05, 4.69) is 12.2 Å². The lowest BCUT2D eigenvalue weighted by Crippen LogP contribution is -2.45. The van der Waals surface area contributed by atoms with Gasteiger partial charge in [0.25, 0.3) is 0 Å². The maximum atomic E-state index is 10.6. The number of nitrogens with two attached hydrogens (primary N) is 1. The van der Waals surface area contributed by atoms with Crippen LogP contribution in [-0.2, 0) is 9.53 Å². The van der Waals surface area contributed by atoms with Gasteiger partial charge in [-0.15, -0.1) is 0 Å². The van der Waals surface area contributed by atoms with Crippen LogP contribution in [0.25, 0.3) is 0 Å². The van der Waals surface area contributed by atoms with Gasteiger partial charge in [0.05, 0.1) is 6.10 Å². The summed E-state index contributed by atoms with van der Waals surface area (Å²) in [7, 11) is 0. The number of aliphatic hydroxyl groups excluding tert-OH is 1. The Bertz CT molecular complexity index is 221. The molecule has 16 heavy (non-hydrogen) atoms. The van der Waals surface area contributed by atoms with Crippen molar-refractivity contribution in [1.82, 2.24) is 5.32 Å². The lowest BCUT2D eigenvalue weighted by Gasteiger charge is -2.30. The third-order valence-electron chi connectivity index (χ3n) is 2.91. The number of carbonyl (C=O) groups is 1. The lowest BCUT2D eigenvalue weighted by atomic mass is 10.00. The molecule has 1 saturated heterocycles. The van der Waals surface area contributed by atoms with Crippen molar-refractivity contribution in [2.75, 3.05) is 13.2 Å². The van der Waals surface area contributed by atoms with E-state index in [-0.39, 0.29) is 6.54 Å². The molecule has 0 spiro atoms. The van der Waals surface area contributed by atoms with Crippen LogP contribution in [-0.4, -0.2) is 42.4 Å². The molecule has 0 radical (unpaired) electrons. The standard InChI is InChI=1S/C11H22N2O3/c1-2-3-9-6-8(4-5-16-9)13-7-10(14)11(12)15/h8-10,13-14H,2-7H2,1H3,(H2,12,15).